The zero-order chi connectivity index (χ0) is 46.1. The molecule has 0 aliphatic heterocycles. The molecule has 2 heterocycles. The van der Waals surface area contributed by atoms with Gasteiger partial charge in [-0.05, 0) is 10.8 Å². The van der Waals surface area contributed by atoms with Crippen LogP contribution in [0.1, 0.15) is 52.7 Å². The van der Waals surface area contributed by atoms with E-state index < -0.39 is 0 Å². The van der Waals surface area contributed by atoms with Crippen molar-refractivity contribution in [2.75, 3.05) is 0 Å². The summed E-state index contributed by atoms with van der Waals surface area (Å²) in [5.74, 6) is 0. The van der Waals surface area contributed by atoms with E-state index in [9.17, 15) is 0 Å². The summed E-state index contributed by atoms with van der Waals surface area (Å²) in [4.78, 5) is 0. The van der Waals surface area contributed by atoms with Crippen LogP contribution in [0.4, 0.5) is 0 Å². The third-order valence-electron chi connectivity index (χ3n) is 14.7. The summed E-state index contributed by atoms with van der Waals surface area (Å²) in [5, 5.41) is 15.5. The molecule has 0 saturated heterocycles. The minimum absolute atomic E-state index is 0.0243. The maximum absolute atomic E-state index is 2.58. The molecule has 0 aliphatic rings. The first-order valence-corrected chi connectivity index (χ1v) is 25.7. The van der Waals surface area contributed by atoms with E-state index in [1.807, 2.05) is 0 Å². The fourth-order valence-corrected chi connectivity index (χ4v) is 13.7. The van der Waals surface area contributed by atoms with Crippen LogP contribution in [0.3, 0.4) is 0 Å². The van der Waals surface area contributed by atoms with Crippen molar-refractivity contribution in [3.05, 3.63) is 211 Å². The van der Waals surface area contributed by atoms with Gasteiger partial charge in [0.25, 0.3) is 0 Å². The van der Waals surface area contributed by atoms with Gasteiger partial charge in [-0.3, -0.25) is 0 Å². The standard InChI is InChI=1S/C66H51NSe/c1-65(2,3)42-32-34-56-53(38-42)54-39-43(66(4,5)6)33-35-57(54)67(56)64-50-27-16-14-25-48(50)62(49-26-15-17-28-51(49)64)52-29-18-30-59-63(52)55-37-41(31-36-58(55)68-59)61-46-23-12-10-21-44(46)60(40-19-8-7-9-20-40)45-22-11-13-24-47(45)61/h7-39H,1-6H3. The van der Waals surface area contributed by atoms with E-state index >= 15 is 0 Å². The Hall–Kier alpha value is -7.22. The molecule has 0 atom stereocenters. The van der Waals surface area contributed by atoms with Crippen LogP contribution in [0.5, 0.6) is 0 Å². The summed E-state index contributed by atoms with van der Waals surface area (Å²) in [5.41, 5.74) is 14.2. The first-order valence-electron chi connectivity index (χ1n) is 24.0. The third kappa shape index (κ3) is 6.21. The van der Waals surface area contributed by atoms with Gasteiger partial charge >= 0.3 is 354 Å². The van der Waals surface area contributed by atoms with Crippen LogP contribution in [-0.2, 0) is 10.8 Å². The van der Waals surface area contributed by atoms with E-state index in [-0.39, 0.29) is 25.3 Å². The van der Waals surface area contributed by atoms with Gasteiger partial charge in [0.05, 0.1) is 0 Å². The normalized spacial score (nSPS) is 12.6. The van der Waals surface area contributed by atoms with Gasteiger partial charge in [0, 0.05) is 0 Å². The Balaban J connectivity index is 1.10. The molecule has 13 aromatic rings. The molecule has 0 fully saturated rings. The van der Waals surface area contributed by atoms with Crippen LogP contribution >= 0.6 is 0 Å². The zero-order valence-corrected chi connectivity index (χ0v) is 41.1. The molecule has 0 spiro atoms. The molecule has 13 rings (SSSR count). The molecule has 0 saturated carbocycles. The Morgan fingerprint density at radius 2 is 0.779 bits per heavy atom. The van der Waals surface area contributed by atoms with Gasteiger partial charge in [-0.15, -0.1) is 0 Å². The van der Waals surface area contributed by atoms with Crippen LogP contribution < -0.4 is 0 Å². The van der Waals surface area contributed by atoms with Crippen LogP contribution in [0.25, 0.3) is 123 Å². The van der Waals surface area contributed by atoms with Crippen LogP contribution in [-0.4, -0.2) is 19.1 Å². The minimum atomic E-state index is 0.0243. The Bertz CT molecular complexity index is 4020. The predicted molar refractivity (Wildman–Crippen MR) is 296 cm³/mol. The SMILES string of the molecule is CC(C)(C)c1ccc2c(c1)c1cc(C(C)(C)C)ccc1n2-c1c2ccccc2c(-c2cccc3[se]c4ccc(-c5c6ccccc6c(-c6ccccc6)c6ccccc56)cc4c23)c2ccccc12. The molecule has 0 unspecified atom stereocenters. The van der Waals surface area contributed by atoms with E-state index in [1.165, 1.54) is 134 Å². The summed E-state index contributed by atoms with van der Waals surface area (Å²) >= 11 is 0.173. The van der Waals surface area contributed by atoms with Crippen LogP contribution in [0.2, 0.25) is 0 Å². The second-order valence-corrected chi connectivity index (χ2v) is 23.1. The number of benzene rings is 11. The van der Waals surface area contributed by atoms with Gasteiger partial charge in [-0.2, -0.15) is 0 Å². The second kappa shape index (κ2) is 15.1. The fourth-order valence-electron chi connectivity index (χ4n) is 11.4. The Morgan fingerprint density at radius 3 is 1.28 bits per heavy atom. The van der Waals surface area contributed by atoms with Crippen molar-refractivity contribution in [2.45, 2.75) is 52.4 Å². The van der Waals surface area contributed by atoms with Gasteiger partial charge in [0.2, 0.25) is 0 Å². The summed E-state index contributed by atoms with van der Waals surface area (Å²) in [6, 6.07) is 76.1. The second-order valence-electron chi connectivity index (χ2n) is 20.8. The molecular formula is C66H51NSe. The topological polar surface area (TPSA) is 4.93 Å². The van der Waals surface area contributed by atoms with Crippen molar-refractivity contribution in [1.29, 1.82) is 0 Å². The Morgan fingerprint density at radius 1 is 0.324 bits per heavy atom. The molecule has 1 nitrogen and oxygen atoms in total. The Kier molecular flexibility index (Phi) is 9.13. The molecule has 2 heteroatoms. The number of nitrogens with zero attached hydrogens (tertiary/aromatic N) is 1. The first kappa shape index (κ1) is 41.0. The van der Waals surface area contributed by atoms with E-state index in [0.29, 0.717) is 0 Å². The van der Waals surface area contributed by atoms with Crippen LogP contribution in [0.15, 0.2) is 200 Å². The molecule has 0 radical (unpaired) electrons. The fraction of sp³-hybridized carbons (Fsp3) is 0.121. The van der Waals surface area contributed by atoms with Crippen molar-refractivity contribution in [3.8, 4) is 39.1 Å². The summed E-state index contributed by atoms with van der Waals surface area (Å²) < 4.78 is 5.47. The van der Waals surface area contributed by atoms with E-state index in [1.54, 1.807) is 0 Å². The number of aromatic nitrogens is 1. The maximum atomic E-state index is 2.58. The Labute approximate surface area is 403 Å². The summed E-state index contributed by atoms with van der Waals surface area (Å²) in [6.45, 7) is 13.9. The van der Waals surface area contributed by atoms with Gasteiger partial charge in [-0.1, -0.05) is 41.5 Å². The van der Waals surface area contributed by atoms with Crippen LogP contribution in [0, 0.1) is 0 Å². The molecule has 2 aromatic heterocycles. The number of hydrogen-bond donors (Lipinski definition) is 0. The number of fused-ring (bicyclic) bond motifs is 10. The monoisotopic (exact) mass is 937 g/mol. The van der Waals surface area contributed by atoms with Crippen molar-refractivity contribution in [3.63, 3.8) is 0 Å². The molecule has 326 valence electrons. The van der Waals surface area contributed by atoms with Gasteiger partial charge in [-0.25, -0.2) is 0 Å². The van der Waals surface area contributed by atoms with Crippen molar-refractivity contribution < 1.29 is 0 Å². The molecular weight excluding hydrogens is 886 g/mol. The number of rotatable bonds is 4. The molecule has 11 aromatic carbocycles. The van der Waals surface area contributed by atoms with Gasteiger partial charge in [0.15, 0.2) is 0 Å². The average molecular weight is 937 g/mol. The van der Waals surface area contributed by atoms with Crippen molar-refractivity contribution in [2.24, 2.45) is 0 Å². The van der Waals surface area contributed by atoms with Gasteiger partial charge < -0.3 is 0 Å². The molecule has 0 amide bonds. The van der Waals surface area contributed by atoms with Crippen molar-refractivity contribution in [1.82, 2.24) is 4.57 Å². The average Bonchev–Trinajstić information content (AvgIpc) is 3.89. The molecule has 0 N–H and O–H groups in total. The van der Waals surface area contributed by atoms with E-state index in [2.05, 4.69) is 246 Å². The quantitative estimate of drug-likeness (QED) is 0.122. The first-order chi connectivity index (χ1) is 33.0. The van der Waals surface area contributed by atoms with E-state index in [4.69, 9.17) is 0 Å². The zero-order valence-electron chi connectivity index (χ0n) is 39.4. The number of hydrogen-bond acceptors (Lipinski definition) is 0. The molecule has 0 bridgehead atoms. The van der Waals surface area contributed by atoms with E-state index in [0.717, 1.165) is 0 Å². The predicted octanol–water partition coefficient (Wildman–Crippen LogP) is 18.4. The summed E-state index contributed by atoms with van der Waals surface area (Å²) in [6.07, 6.45) is 0. The molecule has 0 aliphatic carbocycles. The third-order valence-corrected chi connectivity index (χ3v) is 17.1. The molecule has 68 heavy (non-hydrogen) atoms. The summed E-state index contributed by atoms with van der Waals surface area (Å²) in [7, 11) is 0. The van der Waals surface area contributed by atoms with Crippen molar-refractivity contribution >= 4 is 98.7 Å². The van der Waals surface area contributed by atoms with Gasteiger partial charge in [0.1, 0.15) is 0 Å².